The molecule has 0 radical (unpaired) electrons. The van der Waals surface area contributed by atoms with Gasteiger partial charge in [0, 0.05) is 43.9 Å². The lowest BCUT2D eigenvalue weighted by Crippen LogP contribution is -2.46. The van der Waals surface area contributed by atoms with Crippen molar-refractivity contribution < 1.29 is 4.79 Å². The molecule has 1 aliphatic heterocycles. The van der Waals surface area contributed by atoms with E-state index in [-0.39, 0.29) is 35.8 Å². The van der Waals surface area contributed by atoms with Gasteiger partial charge in [0.1, 0.15) is 0 Å². The number of guanidine groups is 1. The standard InChI is InChI=1S/C14H28N4OS.HI/c1-10(2)13(19)18-7-6-12(9-18)17-14(15-4)16-8-11(3)20-5;/h10-12H,6-9H2,1-5H3,(H2,15,16,17);1H. The summed E-state index contributed by atoms with van der Waals surface area (Å²) in [6, 6.07) is 0.300. The molecule has 0 aliphatic carbocycles. The van der Waals surface area contributed by atoms with Crippen molar-refractivity contribution in [2.75, 3.05) is 32.9 Å². The SMILES string of the molecule is CN=C(NCC(C)SC)NC1CCN(C(=O)C(C)C)C1.I. The molecule has 2 unspecified atom stereocenters. The molecule has 0 bridgehead atoms. The highest BCUT2D eigenvalue weighted by atomic mass is 127. The third-order valence-corrected chi connectivity index (χ3v) is 4.49. The number of hydrogen-bond acceptors (Lipinski definition) is 3. The van der Waals surface area contributed by atoms with Crippen LogP contribution in [0.25, 0.3) is 0 Å². The highest BCUT2D eigenvalue weighted by Crippen LogP contribution is 2.12. The van der Waals surface area contributed by atoms with Crippen LogP contribution >= 0.6 is 35.7 Å². The van der Waals surface area contributed by atoms with Gasteiger partial charge in [-0.2, -0.15) is 11.8 Å². The Bertz CT molecular complexity index is 352. The summed E-state index contributed by atoms with van der Waals surface area (Å²) in [4.78, 5) is 18.1. The normalized spacial score (nSPS) is 20.2. The number of aliphatic imine (C=N–C) groups is 1. The van der Waals surface area contributed by atoms with Gasteiger partial charge in [-0.25, -0.2) is 0 Å². The van der Waals surface area contributed by atoms with Crippen molar-refractivity contribution in [3.8, 4) is 0 Å². The van der Waals surface area contributed by atoms with E-state index in [0.717, 1.165) is 32.0 Å². The summed E-state index contributed by atoms with van der Waals surface area (Å²) in [5.41, 5.74) is 0. The Morgan fingerprint density at radius 3 is 2.62 bits per heavy atom. The fourth-order valence-corrected chi connectivity index (χ4v) is 2.41. The lowest BCUT2D eigenvalue weighted by atomic mass is 10.2. The molecule has 2 N–H and O–H groups in total. The number of rotatable bonds is 5. The molecule has 2 atom stereocenters. The molecule has 1 saturated heterocycles. The first kappa shape index (κ1) is 20.8. The van der Waals surface area contributed by atoms with Gasteiger partial charge in [0.25, 0.3) is 0 Å². The molecule has 0 aromatic heterocycles. The molecule has 1 amide bonds. The Hall–Kier alpha value is -0.180. The first-order valence-electron chi connectivity index (χ1n) is 7.26. The lowest BCUT2D eigenvalue weighted by Gasteiger charge is -2.21. The summed E-state index contributed by atoms with van der Waals surface area (Å²) in [6.07, 6.45) is 3.09. The first-order chi connectivity index (χ1) is 9.47. The Morgan fingerprint density at radius 2 is 2.10 bits per heavy atom. The third-order valence-electron chi connectivity index (χ3n) is 3.52. The Labute approximate surface area is 150 Å². The minimum Gasteiger partial charge on any atom is -0.355 e. The van der Waals surface area contributed by atoms with Gasteiger partial charge in [-0.05, 0) is 12.7 Å². The quantitative estimate of drug-likeness (QED) is 0.398. The molecule has 1 heterocycles. The van der Waals surface area contributed by atoms with Crippen molar-refractivity contribution in [2.45, 2.75) is 38.5 Å². The summed E-state index contributed by atoms with van der Waals surface area (Å²) in [7, 11) is 1.78. The number of carbonyl (C=O) groups excluding carboxylic acids is 1. The summed E-state index contributed by atoms with van der Waals surface area (Å²) >= 11 is 1.83. The summed E-state index contributed by atoms with van der Waals surface area (Å²) < 4.78 is 0. The number of carbonyl (C=O) groups is 1. The van der Waals surface area contributed by atoms with E-state index in [4.69, 9.17) is 0 Å². The number of amides is 1. The summed E-state index contributed by atoms with van der Waals surface area (Å²) in [5.74, 6) is 1.15. The van der Waals surface area contributed by atoms with E-state index in [0.29, 0.717) is 11.3 Å². The zero-order valence-electron chi connectivity index (χ0n) is 13.7. The maximum atomic E-state index is 11.9. The molecular formula is C14H29IN4OS. The molecular weight excluding hydrogens is 399 g/mol. The zero-order valence-corrected chi connectivity index (χ0v) is 16.8. The van der Waals surface area contributed by atoms with Crippen molar-refractivity contribution in [3.63, 3.8) is 0 Å². The molecule has 0 aromatic rings. The Morgan fingerprint density at radius 1 is 1.43 bits per heavy atom. The molecule has 0 saturated carbocycles. The molecule has 1 aliphatic rings. The van der Waals surface area contributed by atoms with Gasteiger partial charge in [0.2, 0.25) is 5.91 Å². The predicted octanol–water partition coefficient (Wildman–Crippen LogP) is 1.78. The second-order valence-corrected chi connectivity index (χ2v) is 6.84. The molecule has 7 heteroatoms. The van der Waals surface area contributed by atoms with E-state index in [9.17, 15) is 4.79 Å². The average molecular weight is 428 g/mol. The smallest absolute Gasteiger partial charge is 0.225 e. The van der Waals surface area contributed by atoms with E-state index < -0.39 is 0 Å². The van der Waals surface area contributed by atoms with E-state index in [2.05, 4.69) is 28.8 Å². The maximum Gasteiger partial charge on any atom is 0.225 e. The van der Waals surface area contributed by atoms with Crippen molar-refractivity contribution in [2.24, 2.45) is 10.9 Å². The van der Waals surface area contributed by atoms with Crippen LogP contribution < -0.4 is 10.6 Å². The van der Waals surface area contributed by atoms with Crippen LogP contribution in [0.2, 0.25) is 0 Å². The van der Waals surface area contributed by atoms with Gasteiger partial charge in [-0.3, -0.25) is 9.79 Å². The third kappa shape index (κ3) is 7.08. The van der Waals surface area contributed by atoms with Gasteiger partial charge >= 0.3 is 0 Å². The molecule has 0 spiro atoms. The van der Waals surface area contributed by atoms with Gasteiger partial charge < -0.3 is 15.5 Å². The van der Waals surface area contributed by atoms with Crippen molar-refractivity contribution in [3.05, 3.63) is 0 Å². The Balaban J connectivity index is 0.00000400. The van der Waals surface area contributed by atoms with Gasteiger partial charge in [0.15, 0.2) is 5.96 Å². The molecule has 1 fully saturated rings. The van der Waals surface area contributed by atoms with Gasteiger partial charge in [-0.15, -0.1) is 24.0 Å². The lowest BCUT2D eigenvalue weighted by molar-refractivity contribution is -0.133. The van der Waals surface area contributed by atoms with Crippen LogP contribution in [-0.4, -0.2) is 61.0 Å². The molecule has 0 aromatic carbocycles. The molecule has 21 heavy (non-hydrogen) atoms. The number of nitrogens with zero attached hydrogens (tertiary/aromatic N) is 2. The number of thioether (sulfide) groups is 1. The minimum atomic E-state index is 0. The number of nitrogens with one attached hydrogen (secondary N) is 2. The number of halogens is 1. The molecule has 1 rings (SSSR count). The topological polar surface area (TPSA) is 56.7 Å². The Kier molecular flexibility index (Phi) is 10.4. The first-order valence-corrected chi connectivity index (χ1v) is 8.55. The maximum absolute atomic E-state index is 11.9. The van der Waals surface area contributed by atoms with E-state index in [1.165, 1.54) is 0 Å². The monoisotopic (exact) mass is 428 g/mol. The van der Waals surface area contributed by atoms with Gasteiger partial charge in [0.05, 0.1) is 0 Å². The highest BCUT2D eigenvalue weighted by molar-refractivity contribution is 14.0. The number of likely N-dealkylation sites (tertiary alicyclic amines) is 1. The molecule has 5 nitrogen and oxygen atoms in total. The van der Waals surface area contributed by atoms with Crippen LogP contribution in [0.4, 0.5) is 0 Å². The largest absolute Gasteiger partial charge is 0.355 e. The fourth-order valence-electron chi connectivity index (χ4n) is 2.16. The van der Waals surface area contributed by atoms with Crippen molar-refractivity contribution in [1.29, 1.82) is 0 Å². The van der Waals surface area contributed by atoms with Crippen molar-refractivity contribution >= 4 is 47.6 Å². The van der Waals surface area contributed by atoms with Crippen LogP contribution in [0.15, 0.2) is 4.99 Å². The van der Waals surface area contributed by atoms with E-state index in [1.807, 2.05) is 30.5 Å². The minimum absolute atomic E-state index is 0. The van der Waals surface area contributed by atoms with E-state index >= 15 is 0 Å². The van der Waals surface area contributed by atoms with Gasteiger partial charge in [-0.1, -0.05) is 20.8 Å². The predicted molar refractivity (Wildman–Crippen MR) is 103 cm³/mol. The van der Waals surface area contributed by atoms with Crippen LogP contribution in [-0.2, 0) is 4.79 Å². The second kappa shape index (κ2) is 10.5. The van der Waals surface area contributed by atoms with Crippen LogP contribution in [0.5, 0.6) is 0 Å². The zero-order chi connectivity index (χ0) is 15.1. The summed E-state index contributed by atoms with van der Waals surface area (Å²) in [6.45, 7) is 8.59. The highest BCUT2D eigenvalue weighted by Gasteiger charge is 2.27. The van der Waals surface area contributed by atoms with E-state index in [1.54, 1.807) is 7.05 Å². The average Bonchev–Trinajstić information content (AvgIpc) is 2.90. The fraction of sp³-hybridized carbons (Fsp3) is 0.857. The summed E-state index contributed by atoms with van der Waals surface area (Å²) in [5, 5.41) is 7.29. The van der Waals surface area contributed by atoms with Crippen molar-refractivity contribution in [1.82, 2.24) is 15.5 Å². The van der Waals surface area contributed by atoms with Crippen LogP contribution in [0.1, 0.15) is 27.2 Å². The van der Waals surface area contributed by atoms with Crippen LogP contribution in [0.3, 0.4) is 0 Å². The second-order valence-electron chi connectivity index (χ2n) is 5.57. The molecule has 124 valence electrons. The number of hydrogen-bond donors (Lipinski definition) is 2. The van der Waals surface area contributed by atoms with Crippen LogP contribution in [0, 0.1) is 5.92 Å².